The summed E-state index contributed by atoms with van der Waals surface area (Å²) in [6.07, 6.45) is 4.31. The minimum Gasteiger partial charge on any atom is -0.445 e. The Bertz CT molecular complexity index is 1250. The highest BCUT2D eigenvalue weighted by molar-refractivity contribution is 5.85. The molecule has 0 radical (unpaired) electrons. The summed E-state index contributed by atoms with van der Waals surface area (Å²) in [7, 11) is 0. The van der Waals surface area contributed by atoms with Gasteiger partial charge in [-0.1, -0.05) is 66.7 Å². The molecule has 7 nitrogen and oxygen atoms in total. The first-order chi connectivity index (χ1) is 17.1. The molecule has 0 aliphatic heterocycles. The molecule has 2 N–H and O–H groups in total. The molecule has 0 aliphatic rings. The molecule has 8 heteroatoms. The van der Waals surface area contributed by atoms with E-state index < -0.39 is 23.9 Å². The van der Waals surface area contributed by atoms with E-state index in [4.69, 9.17) is 4.74 Å². The van der Waals surface area contributed by atoms with Crippen molar-refractivity contribution in [2.75, 3.05) is 0 Å². The van der Waals surface area contributed by atoms with E-state index >= 15 is 0 Å². The molecule has 4 rings (SSSR count). The molecule has 2 amide bonds. The van der Waals surface area contributed by atoms with Gasteiger partial charge in [0.25, 0.3) is 0 Å². The van der Waals surface area contributed by atoms with Crippen molar-refractivity contribution >= 4 is 12.0 Å². The second kappa shape index (κ2) is 11.6. The Hall–Kier alpha value is -4.46. The predicted octanol–water partition coefficient (Wildman–Crippen LogP) is 4.17. The van der Waals surface area contributed by atoms with Crippen LogP contribution in [0.1, 0.15) is 16.7 Å². The zero-order valence-corrected chi connectivity index (χ0v) is 18.9. The van der Waals surface area contributed by atoms with Gasteiger partial charge in [-0.2, -0.15) is 0 Å². The molecule has 3 aromatic carbocycles. The number of aromatic nitrogens is 2. The van der Waals surface area contributed by atoms with Crippen LogP contribution in [0, 0.1) is 5.82 Å². The van der Waals surface area contributed by atoms with E-state index in [-0.39, 0.29) is 19.6 Å². The molecule has 0 saturated carbocycles. The fourth-order valence-electron chi connectivity index (χ4n) is 3.55. The first-order valence-electron chi connectivity index (χ1n) is 11.1. The molecule has 0 saturated heterocycles. The number of carbonyl (C=O) groups excluding carboxylic acids is 2. The van der Waals surface area contributed by atoms with Gasteiger partial charge in [0.05, 0.1) is 12.0 Å². The van der Waals surface area contributed by atoms with Gasteiger partial charge in [-0.05, 0) is 28.8 Å². The number of benzene rings is 3. The lowest BCUT2D eigenvalue weighted by Crippen LogP contribution is -2.48. The summed E-state index contributed by atoms with van der Waals surface area (Å²) >= 11 is 0. The molecule has 0 aliphatic carbocycles. The van der Waals surface area contributed by atoms with Crippen molar-refractivity contribution in [3.8, 4) is 5.69 Å². The van der Waals surface area contributed by atoms with Gasteiger partial charge in [0.2, 0.25) is 5.91 Å². The van der Waals surface area contributed by atoms with Gasteiger partial charge in [-0.25, -0.2) is 14.2 Å². The summed E-state index contributed by atoms with van der Waals surface area (Å²) in [6.45, 7) is 0.195. The Morgan fingerprint density at radius 3 is 2.31 bits per heavy atom. The SMILES string of the molecule is O=C(NC(Cc1ccccc1)C(=O)NCc1ccc(-n2ccnc2)c(F)c1)OCc1ccccc1. The summed E-state index contributed by atoms with van der Waals surface area (Å²) in [4.78, 5) is 29.3. The quantitative estimate of drug-likeness (QED) is 0.383. The minimum absolute atomic E-state index is 0.0922. The highest BCUT2D eigenvalue weighted by atomic mass is 19.1. The summed E-state index contributed by atoms with van der Waals surface area (Å²) in [5, 5.41) is 5.44. The Labute approximate surface area is 202 Å². The fraction of sp³-hybridized carbons (Fsp3) is 0.148. The summed E-state index contributed by atoms with van der Waals surface area (Å²) in [5.41, 5.74) is 2.67. The standard InChI is InChI=1S/C27H25FN4O3/c28-23-15-22(11-12-25(23)32-14-13-29-19-32)17-30-26(33)24(16-20-7-3-1-4-8-20)31-27(34)35-18-21-9-5-2-6-10-21/h1-15,19,24H,16-18H2,(H,30,33)(H,31,34). The number of amides is 2. The van der Waals surface area contributed by atoms with Gasteiger partial charge in [0.15, 0.2) is 0 Å². The maximum Gasteiger partial charge on any atom is 0.408 e. The first kappa shape index (κ1) is 23.7. The summed E-state index contributed by atoms with van der Waals surface area (Å²) in [5.74, 6) is -0.831. The van der Waals surface area contributed by atoms with Crippen LogP contribution in [-0.2, 0) is 29.1 Å². The van der Waals surface area contributed by atoms with Gasteiger partial charge < -0.3 is 19.9 Å². The minimum atomic E-state index is -0.865. The van der Waals surface area contributed by atoms with Gasteiger partial charge in [0.1, 0.15) is 18.5 Å². The smallest absolute Gasteiger partial charge is 0.408 e. The monoisotopic (exact) mass is 472 g/mol. The Morgan fingerprint density at radius 1 is 0.943 bits per heavy atom. The first-order valence-corrected chi connectivity index (χ1v) is 11.1. The van der Waals surface area contributed by atoms with Crippen molar-refractivity contribution in [2.24, 2.45) is 0 Å². The van der Waals surface area contributed by atoms with Crippen molar-refractivity contribution in [2.45, 2.75) is 25.6 Å². The molecule has 4 aromatic rings. The molecule has 178 valence electrons. The van der Waals surface area contributed by atoms with Crippen LogP contribution in [0.5, 0.6) is 0 Å². The Kier molecular flexibility index (Phi) is 7.85. The fourth-order valence-corrected chi connectivity index (χ4v) is 3.55. The maximum atomic E-state index is 14.5. The highest BCUT2D eigenvalue weighted by Gasteiger charge is 2.22. The van der Waals surface area contributed by atoms with Crippen molar-refractivity contribution in [3.63, 3.8) is 0 Å². The third-order valence-corrected chi connectivity index (χ3v) is 5.37. The molecule has 35 heavy (non-hydrogen) atoms. The number of rotatable bonds is 9. The zero-order chi connectivity index (χ0) is 24.5. The van der Waals surface area contributed by atoms with E-state index in [0.717, 1.165) is 11.1 Å². The zero-order valence-electron chi connectivity index (χ0n) is 18.9. The molecule has 0 spiro atoms. The van der Waals surface area contributed by atoms with Crippen molar-refractivity contribution < 1.29 is 18.7 Å². The van der Waals surface area contributed by atoms with Crippen molar-refractivity contribution in [3.05, 3.63) is 120 Å². The Balaban J connectivity index is 1.39. The summed E-state index contributed by atoms with van der Waals surface area (Å²) in [6, 6.07) is 22.5. The Morgan fingerprint density at radius 2 is 1.66 bits per heavy atom. The summed E-state index contributed by atoms with van der Waals surface area (Å²) < 4.78 is 21.4. The second-order valence-corrected chi connectivity index (χ2v) is 7.92. The molecule has 1 unspecified atom stereocenters. The van der Waals surface area contributed by atoms with E-state index in [0.29, 0.717) is 11.3 Å². The molecular weight excluding hydrogens is 447 g/mol. The van der Waals surface area contributed by atoms with Crippen LogP contribution in [0.15, 0.2) is 97.6 Å². The van der Waals surface area contributed by atoms with Crippen molar-refractivity contribution in [1.29, 1.82) is 0 Å². The third-order valence-electron chi connectivity index (χ3n) is 5.37. The van der Waals surface area contributed by atoms with Crippen LogP contribution < -0.4 is 10.6 Å². The second-order valence-electron chi connectivity index (χ2n) is 7.92. The lowest BCUT2D eigenvalue weighted by molar-refractivity contribution is -0.123. The van der Waals surface area contributed by atoms with Crippen LogP contribution >= 0.6 is 0 Å². The lowest BCUT2D eigenvalue weighted by Gasteiger charge is -2.19. The van der Waals surface area contributed by atoms with E-state index in [1.54, 1.807) is 29.1 Å². The number of nitrogens with zero attached hydrogens (tertiary/aromatic N) is 2. The van der Waals surface area contributed by atoms with Crippen LogP contribution in [0.4, 0.5) is 9.18 Å². The number of ether oxygens (including phenoxy) is 1. The van der Waals surface area contributed by atoms with Gasteiger partial charge in [-0.3, -0.25) is 4.79 Å². The van der Waals surface area contributed by atoms with E-state index in [1.165, 1.54) is 12.4 Å². The van der Waals surface area contributed by atoms with E-state index in [2.05, 4.69) is 15.6 Å². The molecule has 1 atom stereocenters. The average Bonchev–Trinajstić information content (AvgIpc) is 3.42. The topological polar surface area (TPSA) is 85.3 Å². The van der Waals surface area contributed by atoms with Gasteiger partial charge in [-0.15, -0.1) is 0 Å². The molecule has 1 aromatic heterocycles. The largest absolute Gasteiger partial charge is 0.445 e. The van der Waals surface area contributed by atoms with Crippen LogP contribution in [0.25, 0.3) is 5.69 Å². The van der Waals surface area contributed by atoms with Crippen LogP contribution in [-0.4, -0.2) is 27.6 Å². The normalized spacial score (nSPS) is 11.5. The average molecular weight is 473 g/mol. The number of hydrogen-bond donors (Lipinski definition) is 2. The van der Waals surface area contributed by atoms with Crippen LogP contribution in [0.2, 0.25) is 0 Å². The highest BCUT2D eigenvalue weighted by Crippen LogP contribution is 2.15. The molecule has 0 fully saturated rings. The van der Waals surface area contributed by atoms with Gasteiger partial charge >= 0.3 is 6.09 Å². The van der Waals surface area contributed by atoms with Gasteiger partial charge in [0, 0.05) is 25.4 Å². The maximum absolute atomic E-state index is 14.5. The number of hydrogen-bond acceptors (Lipinski definition) is 4. The number of nitrogens with one attached hydrogen (secondary N) is 2. The third kappa shape index (κ3) is 6.77. The van der Waals surface area contributed by atoms with E-state index in [9.17, 15) is 14.0 Å². The lowest BCUT2D eigenvalue weighted by atomic mass is 10.1. The number of alkyl carbamates (subject to hydrolysis) is 1. The molecule has 0 bridgehead atoms. The number of imidazole rings is 1. The van der Waals surface area contributed by atoms with Crippen molar-refractivity contribution in [1.82, 2.24) is 20.2 Å². The number of carbonyl (C=O) groups is 2. The van der Waals surface area contributed by atoms with E-state index in [1.807, 2.05) is 60.7 Å². The molecular formula is C27H25FN4O3. The van der Waals surface area contributed by atoms with Crippen LogP contribution in [0.3, 0.4) is 0 Å². The predicted molar refractivity (Wildman–Crippen MR) is 129 cm³/mol. The number of halogens is 1. The molecule has 1 heterocycles.